The molecular weight excluding hydrogens is 248 g/mol. The monoisotopic (exact) mass is 258 g/mol. The first-order valence-corrected chi connectivity index (χ1v) is 5.33. The Balaban J connectivity index is 2.19. The smallest absolute Gasteiger partial charge is 0.274 e. The zero-order valence-electron chi connectivity index (χ0n) is 9.74. The van der Waals surface area contributed by atoms with Crippen molar-refractivity contribution in [1.29, 1.82) is 0 Å². The first-order valence-electron chi connectivity index (χ1n) is 5.33. The summed E-state index contributed by atoms with van der Waals surface area (Å²) in [6.45, 7) is 0. The van der Waals surface area contributed by atoms with Gasteiger partial charge in [-0.1, -0.05) is 6.07 Å². The van der Waals surface area contributed by atoms with Gasteiger partial charge >= 0.3 is 0 Å². The first kappa shape index (κ1) is 12.5. The van der Waals surface area contributed by atoms with Crippen LogP contribution in [0.15, 0.2) is 42.6 Å². The molecule has 0 aliphatic heterocycles. The molecule has 0 radical (unpaired) electrons. The molecule has 1 heterocycles. The molecule has 96 valence electrons. The number of carbonyl (C=O) groups excluding carboxylic acids is 1. The Bertz CT molecular complexity index is 642. The van der Waals surface area contributed by atoms with E-state index in [0.29, 0.717) is 11.4 Å². The lowest BCUT2D eigenvalue weighted by Gasteiger charge is -2.04. The maximum absolute atomic E-state index is 11.8. The van der Waals surface area contributed by atoms with Crippen molar-refractivity contribution in [2.45, 2.75) is 0 Å². The number of hydrogen-bond donors (Lipinski definition) is 2. The van der Waals surface area contributed by atoms with Gasteiger partial charge in [-0.2, -0.15) is 0 Å². The second-order valence-corrected chi connectivity index (χ2v) is 3.74. The quantitative estimate of drug-likeness (QED) is 0.644. The normalized spacial score (nSPS) is 9.89. The number of nitro groups is 1. The van der Waals surface area contributed by atoms with E-state index in [-0.39, 0.29) is 11.4 Å². The van der Waals surface area contributed by atoms with Gasteiger partial charge in [0, 0.05) is 29.7 Å². The third kappa shape index (κ3) is 3.03. The molecule has 0 spiro atoms. The number of carbonyl (C=O) groups is 1. The van der Waals surface area contributed by atoms with Gasteiger partial charge in [0.25, 0.3) is 11.6 Å². The Hall–Kier alpha value is -2.96. The van der Waals surface area contributed by atoms with Crippen LogP contribution in [0.1, 0.15) is 10.5 Å². The summed E-state index contributed by atoms with van der Waals surface area (Å²) in [5.41, 5.74) is 6.33. The number of hydrogen-bond acceptors (Lipinski definition) is 5. The fraction of sp³-hybridized carbons (Fsp3) is 0. The largest absolute Gasteiger partial charge is 0.399 e. The van der Waals surface area contributed by atoms with E-state index in [9.17, 15) is 14.9 Å². The van der Waals surface area contributed by atoms with E-state index in [1.54, 1.807) is 12.1 Å². The Morgan fingerprint density at radius 2 is 2.11 bits per heavy atom. The maximum Gasteiger partial charge on any atom is 0.274 e. The van der Waals surface area contributed by atoms with Crippen molar-refractivity contribution in [3.8, 4) is 0 Å². The highest BCUT2D eigenvalue weighted by Crippen LogP contribution is 2.17. The van der Waals surface area contributed by atoms with Crippen LogP contribution in [0.25, 0.3) is 0 Å². The van der Waals surface area contributed by atoms with E-state index in [0.717, 1.165) is 0 Å². The summed E-state index contributed by atoms with van der Waals surface area (Å²) in [6.07, 6.45) is 1.41. The second kappa shape index (κ2) is 5.13. The Labute approximate surface area is 108 Å². The highest BCUT2D eigenvalue weighted by Gasteiger charge is 2.10. The summed E-state index contributed by atoms with van der Waals surface area (Å²) >= 11 is 0. The van der Waals surface area contributed by atoms with E-state index >= 15 is 0 Å². The van der Waals surface area contributed by atoms with Gasteiger partial charge in [-0.05, 0) is 18.2 Å². The number of nitrogens with two attached hydrogens (primary N) is 1. The van der Waals surface area contributed by atoms with Crippen molar-refractivity contribution in [3.63, 3.8) is 0 Å². The average molecular weight is 258 g/mol. The molecule has 7 nitrogen and oxygen atoms in total. The van der Waals surface area contributed by atoms with Crippen LogP contribution >= 0.6 is 0 Å². The zero-order chi connectivity index (χ0) is 13.8. The molecule has 2 rings (SSSR count). The predicted octanol–water partition coefficient (Wildman–Crippen LogP) is 1.82. The van der Waals surface area contributed by atoms with Gasteiger partial charge in [-0.15, -0.1) is 0 Å². The molecule has 0 aliphatic rings. The van der Waals surface area contributed by atoms with E-state index in [1.807, 2.05) is 0 Å². The average Bonchev–Trinajstić information content (AvgIpc) is 2.39. The van der Waals surface area contributed by atoms with Gasteiger partial charge in [-0.25, -0.2) is 0 Å². The van der Waals surface area contributed by atoms with Crippen molar-refractivity contribution in [2.75, 3.05) is 11.1 Å². The topological polar surface area (TPSA) is 111 Å². The summed E-state index contributed by atoms with van der Waals surface area (Å²) < 4.78 is 0. The number of benzene rings is 1. The number of nitrogen functional groups attached to an aromatic ring is 1. The molecule has 0 atom stereocenters. The number of nitrogens with zero attached hydrogens (tertiary/aromatic N) is 2. The fourth-order valence-electron chi connectivity index (χ4n) is 1.46. The van der Waals surface area contributed by atoms with Gasteiger partial charge in [0.15, 0.2) is 0 Å². The Morgan fingerprint density at radius 1 is 1.32 bits per heavy atom. The molecule has 19 heavy (non-hydrogen) atoms. The van der Waals surface area contributed by atoms with Gasteiger partial charge in [-0.3, -0.25) is 19.9 Å². The van der Waals surface area contributed by atoms with Gasteiger partial charge in [0.05, 0.1) is 4.92 Å². The van der Waals surface area contributed by atoms with E-state index in [2.05, 4.69) is 10.3 Å². The minimum Gasteiger partial charge on any atom is -0.399 e. The number of nitro benzene ring substituents is 1. The van der Waals surface area contributed by atoms with Crippen molar-refractivity contribution < 1.29 is 9.72 Å². The van der Waals surface area contributed by atoms with Crippen LogP contribution in [0.3, 0.4) is 0 Å². The molecule has 0 unspecified atom stereocenters. The third-order valence-corrected chi connectivity index (χ3v) is 2.33. The SMILES string of the molecule is Nc1ccnc(C(=O)Nc2cccc([N+](=O)[O-])c2)c1. The summed E-state index contributed by atoms with van der Waals surface area (Å²) in [5.74, 6) is -0.479. The van der Waals surface area contributed by atoms with Crippen LogP contribution < -0.4 is 11.1 Å². The lowest BCUT2D eigenvalue weighted by molar-refractivity contribution is -0.384. The zero-order valence-corrected chi connectivity index (χ0v) is 9.74. The van der Waals surface area contributed by atoms with Crippen LogP contribution in [-0.2, 0) is 0 Å². The molecule has 7 heteroatoms. The minimum atomic E-state index is -0.533. The molecule has 0 saturated carbocycles. The molecule has 3 N–H and O–H groups in total. The summed E-state index contributed by atoms with van der Waals surface area (Å²) in [7, 11) is 0. The molecule has 0 bridgehead atoms. The lowest BCUT2D eigenvalue weighted by Crippen LogP contribution is -2.13. The lowest BCUT2D eigenvalue weighted by atomic mass is 10.2. The Morgan fingerprint density at radius 3 is 2.79 bits per heavy atom. The highest BCUT2D eigenvalue weighted by molar-refractivity contribution is 6.03. The molecule has 2 aromatic rings. The summed E-state index contributed by atoms with van der Waals surface area (Å²) in [4.78, 5) is 25.8. The standard InChI is InChI=1S/C12H10N4O3/c13-8-4-5-14-11(6-8)12(17)15-9-2-1-3-10(7-9)16(18)19/h1-7H,(H2,13,14)(H,15,17). The molecule has 0 aliphatic carbocycles. The van der Waals surface area contributed by atoms with Crippen molar-refractivity contribution in [2.24, 2.45) is 0 Å². The number of aromatic nitrogens is 1. The van der Waals surface area contributed by atoms with Crippen molar-refractivity contribution in [1.82, 2.24) is 4.98 Å². The van der Waals surface area contributed by atoms with E-state index < -0.39 is 10.8 Å². The van der Waals surface area contributed by atoms with E-state index in [1.165, 1.54) is 30.5 Å². The van der Waals surface area contributed by atoms with Crippen LogP contribution in [-0.4, -0.2) is 15.8 Å². The van der Waals surface area contributed by atoms with Gasteiger partial charge < -0.3 is 11.1 Å². The van der Waals surface area contributed by atoms with Crippen molar-refractivity contribution in [3.05, 3.63) is 58.4 Å². The molecule has 0 saturated heterocycles. The van der Waals surface area contributed by atoms with Gasteiger partial charge in [0.2, 0.25) is 0 Å². The minimum absolute atomic E-state index is 0.0988. The van der Waals surface area contributed by atoms with Crippen LogP contribution in [0.2, 0.25) is 0 Å². The number of anilines is 2. The first-order chi connectivity index (χ1) is 9.06. The fourth-order valence-corrected chi connectivity index (χ4v) is 1.46. The number of pyridine rings is 1. The van der Waals surface area contributed by atoms with Crippen LogP contribution in [0.5, 0.6) is 0 Å². The number of rotatable bonds is 3. The summed E-state index contributed by atoms with van der Waals surface area (Å²) in [5, 5.41) is 13.1. The molecular formula is C12H10N4O3. The predicted molar refractivity (Wildman–Crippen MR) is 69.7 cm³/mol. The number of nitrogens with one attached hydrogen (secondary N) is 1. The Kier molecular flexibility index (Phi) is 3.37. The summed E-state index contributed by atoms with van der Waals surface area (Å²) in [6, 6.07) is 8.63. The third-order valence-electron chi connectivity index (χ3n) is 2.33. The van der Waals surface area contributed by atoms with Crippen molar-refractivity contribution >= 4 is 23.0 Å². The maximum atomic E-state index is 11.8. The van der Waals surface area contributed by atoms with E-state index in [4.69, 9.17) is 5.73 Å². The number of non-ortho nitro benzene ring substituents is 1. The number of amides is 1. The van der Waals surface area contributed by atoms with Crippen LogP contribution in [0.4, 0.5) is 17.1 Å². The second-order valence-electron chi connectivity index (χ2n) is 3.74. The molecule has 1 aromatic carbocycles. The molecule has 1 aromatic heterocycles. The highest BCUT2D eigenvalue weighted by atomic mass is 16.6. The van der Waals surface area contributed by atoms with Crippen LogP contribution in [0, 0.1) is 10.1 Å². The molecule has 1 amide bonds. The van der Waals surface area contributed by atoms with Gasteiger partial charge in [0.1, 0.15) is 5.69 Å². The molecule has 0 fully saturated rings.